The zero-order chi connectivity index (χ0) is 13.7. The predicted molar refractivity (Wildman–Crippen MR) is 79.1 cm³/mol. The van der Waals surface area contributed by atoms with Gasteiger partial charge in [-0.1, -0.05) is 60.7 Å². The van der Waals surface area contributed by atoms with Crippen LogP contribution >= 0.6 is 11.6 Å². The molecule has 1 nitrogen and oxygen atoms in total. The minimum Gasteiger partial charge on any atom is -0.197 e. The molecular weight excluding hydrogens is 254 g/mol. The second-order valence-electron chi connectivity index (χ2n) is 4.89. The topological polar surface area (TPSA) is 23.8 Å². The van der Waals surface area contributed by atoms with Crippen LogP contribution in [0.5, 0.6) is 0 Å². The molecular formula is C17H16ClN. The number of halogens is 1. The van der Waals surface area contributed by atoms with E-state index in [4.69, 9.17) is 11.6 Å². The maximum absolute atomic E-state index is 9.53. The Kier molecular flexibility index (Phi) is 4.24. The summed E-state index contributed by atoms with van der Waals surface area (Å²) in [5.41, 5.74) is 1.50. The summed E-state index contributed by atoms with van der Waals surface area (Å²) < 4.78 is 0. The molecule has 0 spiro atoms. The van der Waals surface area contributed by atoms with Gasteiger partial charge in [-0.05, 0) is 24.5 Å². The molecule has 96 valence electrons. The van der Waals surface area contributed by atoms with Crippen molar-refractivity contribution < 1.29 is 0 Å². The van der Waals surface area contributed by atoms with E-state index in [0.29, 0.717) is 6.42 Å². The van der Waals surface area contributed by atoms with Crippen molar-refractivity contribution in [2.75, 3.05) is 0 Å². The molecule has 0 amide bonds. The van der Waals surface area contributed by atoms with Gasteiger partial charge in [-0.3, -0.25) is 0 Å². The van der Waals surface area contributed by atoms with Gasteiger partial charge in [0.05, 0.1) is 16.9 Å². The minimum absolute atomic E-state index is 0.161. The van der Waals surface area contributed by atoms with Crippen molar-refractivity contribution in [3.8, 4) is 6.07 Å². The van der Waals surface area contributed by atoms with Crippen molar-refractivity contribution in [2.24, 2.45) is 0 Å². The monoisotopic (exact) mass is 269 g/mol. The second kappa shape index (κ2) is 5.91. The first-order valence-electron chi connectivity index (χ1n) is 6.31. The Balaban J connectivity index is 2.23. The van der Waals surface area contributed by atoms with Gasteiger partial charge in [-0.2, -0.15) is 5.26 Å². The molecule has 0 aromatic heterocycles. The second-order valence-corrected chi connectivity index (χ2v) is 5.42. The van der Waals surface area contributed by atoms with Crippen LogP contribution in [0, 0.1) is 11.3 Å². The zero-order valence-corrected chi connectivity index (χ0v) is 11.6. The van der Waals surface area contributed by atoms with Crippen LogP contribution in [0.4, 0.5) is 0 Å². The molecule has 0 radical (unpaired) electrons. The number of nitriles is 1. The van der Waals surface area contributed by atoms with E-state index in [0.717, 1.165) is 11.1 Å². The van der Waals surface area contributed by atoms with Gasteiger partial charge in [0.25, 0.3) is 0 Å². The van der Waals surface area contributed by atoms with E-state index in [1.165, 1.54) is 0 Å². The molecule has 2 aromatic carbocycles. The van der Waals surface area contributed by atoms with Gasteiger partial charge in [-0.25, -0.2) is 0 Å². The van der Waals surface area contributed by atoms with Gasteiger partial charge in [0.2, 0.25) is 0 Å². The molecule has 0 aliphatic carbocycles. The highest BCUT2D eigenvalue weighted by Crippen LogP contribution is 2.36. The van der Waals surface area contributed by atoms with Gasteiger partial charge in [-0.15, -0.1) is 11.6 Å². The van der Waals surface area contributed by atoms with Gasteiger partial charge < -0.3 is 0 Å². The number of rotatable bonds is 4. The fourth-order valence-electron chi connectivity index (χ4n) is 2.17. The minimum atomic E-state index is -0.566. The van der Waals surface area contributed by atoms with Crippen LogP contribution in [0.25, 0.3) is 0 Å². The molecule has 2 heteroatoms. The fourth-order valence-corrected chi connectivity index (χ4v) is 2.63. The number of nitrogens with zero attached hydrogens (tertiary/aromatic N) is 1. The van der Waals surface area contributed by atoms with E-state index in [2.05, 4.69) is 6.07 Å². The maximum atomic E-state index is 9.53. The molecule has 19 heavy (non-hydrogen) atoms. The largest absolute Gasteiger partial charge is 0.197 e. The first-order chi connectivity index (χ1) is 9.15. The van der Waals surface area contributed by atoms with Gasteiger partial charge in [0, 0.05) is 0 Å². The molecule has 0 saturated carbocycles. The Morgan fingerprint density at radius 3 is 2.11 bits per heavy atom. The van der Waals surface area contributed by atoms with Crippen molar-refractivity contribution in [3.63, 3.8) is 0 Å². The van der Waals surface area contributed by atoms with E-state index in [1.54, 1.807) is 0 Å². The third-order valence-electron chi connectivity index (χ3n) is 3.41. The zero-order valence-electron chi connectivity index (χ0n) is 10.9. The molecule has 0 N–H and O–H groups in total. The summed E-state index contributed by atoms with van der Waals surface area (Å²) in [4.78, 5) is 0. The maximum Gasteiger partial charge on any atom is 0.0811 e. The molecule has 0 aliphatic heterocycles. The summed E-state index contributed by atoms with van der Waals surface area (Å²) in [5.74, 6) is 0. The Labute approximate surface area is 119 Å². The van der Waals surface area contributed by atoms with Crippen molar-refractivity contribution in [1.29, 1.82) is 5.26 Å². The highest BCUT2D eigenvalue weighted by Gasteiger charge is 2.29. The standard InChI is InChI=1S/C17H16ClN/c1-17(13-19,15-10-6-3-7-11-15)12-16(18)14-8-4-2-5-9-14/h2-11,16H,12H2,1H3. The highest BCUT2D eigenvalue weighted by molar-refractivity contribution is 6.20. The number of benzene rings is 2. The summed E-state index contributed by atoms with van der Waals surface area (Å²) >= 11 is 6.47. The smallest absolute Gasteiger partial charge is 0.0811 e. The van der Waals surface area contributed by atoms with Crippen molar-refractivity contribution in [2.45, 2.75) is 24.1 Å². The van der Waals surface area contributed by atoms with E-state index in [9.17, 15) is 5.26 Å². The van der Waals surface area contributed by atoms with E-state index in [-0.39, 0.29) is 5.38 Å². The highest BCUT2D eigenvalue weighted by atomic mass is 35.5. The van der Waals surface area contributed by atoms with E-state index < -0.39 is 5.41 Å². The molecule has 0 heterocycles. The van der Waals surface area contributed by atoms with E-state index >= 15 is 0 Å². The van der Waals surface area contributed by atoms with Gasteiger partial charge >= 0.3 is 0 Å². The van der Waals surface area contributed by atoms with Crippen LogP contribution in [-0.4, -0.2) is 0 Å². The average Bonchev–Trinajstić information content (AvgIpc) is 2.49. The lowest BCUT2D eigenvalue weighted by Crippen LogP contribution is -2.21. The third kappa shape index (κ3) is 3.16. The summed E-state index contributed by atoms with van der Waals surface area (Å²) in [6.45, 7) is 1.95. The van der Waals surface area contributed by atoms with E-state index in [1.807, 2.05) is 67.6 Å². The first-order valence-corrected chi connectivity index (χ1v) is 6.75. The molecule has 0 fully saturated rings. The lowest BCUT2D eigenvalue weighted by molar-refractivity contribution is 0.543. The molecule has 0 saturated heterocycles. The van der Waals surface area contributed by atoms with Crippen LogP contribution < -0.4 is 0 Å². The number of alkyl halides is 1. The summed E-state index contributed by atoms with van der Waals surface area (Å²) in [7, 11) is 0. The van der Waals surface area contributed by atoms with Crippen molar-refractivity contribution >= 4 is 11.6 Å². The summed E-state index contributed by atoms with van der Waals surface area (Å²) in [6, 6.07) is 22.1. The summed E-state index contributed by atoms with van der Waals surface area (Å²) in [6.07, 6.45) is 0.596. The SMILES string of the molecule is CC(C#N)(CC(Cl)c1ccccc1)c1ccccc1. The summed E-state index contributed by atoms with van der Waals surface area (Å²) in [5, 5.41) is 9.36. The molecule has 2 aromatic rings. The molecule has 0 bridgehead atoms. The lowest BCUT2D eigenvalue weighted by atomic mass is 9.79. The number of hydrogen-bond donors (Lipinski definition) is 0. The molecule has 2 rings (SSSR count). The third-order valence-corrected chi connectivity index (χ3v) is 3.81. The first kappa shape index (κ1) is 13.6. The Morgan fingerprint density at radius 1 is 1.05 bits per heavy atom. The average molecular weight is 270 g/mol. The van der Waals surface area contributed by atoms with Crippen LogP contribution in [0.15, 0.2) is 60.7 Å². The molecule has 0 aliphatic rings. The van der Waals surface area contributed by atoms with Crippen LogP contribution in [0.3, 0.4) is 0 Å². The quantitative estimate of drug-likeness (QED) is 0.729. The lowest BCUT2D eigenvalue weighted by Gasteiger charge is -2.25. The number of hydrogen-bond acceptors (Lipinski definition) is 1. The molecule has 2 unspecified atom stereocenters. The Bertz CT molecular complexity index is 559. The van der Waals surface area contributed by atoms with Crippen molar-refractivity contribution in [1.82, 2.24) is 0 Å². The van der Waals surface area contributed by atoms with Gasteiger partial charge in [0.1, 0.15) is 0 Å². The van der Waals surface area contributed by atoms with Crippen LogP contribution in [-0.2, 0) is 5.41 Å². The van der Waals surface area contributed by atoms with Crippen molar-refractivity contribution in [3.05, 3.63) is 71.8 Å². The Morgan fingerprint density at radius 2 is 1.58 bits per heavy atom. The normalized spacial score (nSPS) is 15.2. The van der Waals surface area contributed by atoms with Gasteiger partial charge in [0.15, 0.2) is 0 Å². The fraction of sp³-hybridized carbons (Fsp3) is 0.235. The Hall–Kier alpha value is -1.78. The van der Waals surface area contributed by atoms with Crippen LogP contribution in [0.2, 0.25) is 0 Å². The molecule has 2 atom stereocenters. The van der Waals surface area contributed by atoms with Crippen LogP contribution in [0.1, 0.15) is 29.8 Å². The predicted octanol–water partition coefficient (Wildman–Crippen LogP) is 4.84.